The van der Waals surface area contributed by atoms with Crippen LogP contribution in [0.2, 0.25) is 0 Å². The molecule has 204 valence electrons. The molecule has 0 spiro atoms. The van der Waals surface area contributed by atoms with Gasteiger partial charge in [0.25, 0.3) is 0 Å². The van der Waals surface area contributed by atoms with Crippen molar-refractivity contribution in [2.24, 2.45) is 0 Å². The van der Waals surface area contributed by atoms with Crippen LogP contribution in [-0.4, -0.2) is 14.2 Å². The van der Waals surface area contributed by atoms with E-state index >= 15 is 0 Å². The van der Waals surface area contributed by atoms with E-state index in [-0.39, 0.29) is 46.1 Å². The molecule has 0 aromatic heterocycles. The fourth-order valence-electron chi connectivity index (χ4n) is 6.34. The van der Waals surface area contributed by atoms with E-state index in [1.54, 1.807) is 14.2 Å². The van der Waals surface area contributed by atoms with E-state index in [2.05, 4.69) is 84.9 Å². The summed E-state index contributed by atoms with van der Waals surface area (Å²) in [5, 5.41) is 5.28. The number of methoxy groups -OCH3 is 2. The summed E-state index contributed by atoms with van der Waals surface area (Å²) >= 11 is 0. The van der Waals surface area contributed by atoms with Crippen LogP contribution in [0.1, 0.15) is 30.4 Å². The molecule has 0 radical (unpaired) electrons. The van der Waals surface area contributed by atoms with Gasteiger partial charge in [0.15, 0.2) is 0 Å². The molecule has 3 heteroatoms. The van der Waals surface area contributed by atoms with Crippen molar-refractivity contribution < 1.29 is 35.3 Å². The van der Waals surface area contributed by atoms with Gasteiger partial charge in [-0.1, -0.05) is 53.9 Å². The van der Waals surface area contributed by atoms with Gasteiger partial charge < -0.3 is 24.3 Å². The smallest absolute Gasteiger partial charge is 0.497 e. The van der Waals surface area contributed by atoms with Gasteiger partial charge in [0.1, 0.15) is 11.5 Å². The first-order valence-corrected chi connectivity index (χ1v) is 13.4. The molecule has 2 nitrogen and oxygen atoms in total. The summed E-state index contributed by atoms with van der Waals surface area (Å²) in [6.45, 7) is 0. The Hall–Kier alpha value is -3.43. The normalized spacial score (nSPS) is 13.4. The Balaban J connectivity index is 0.00000129. The van der Waals surface area contributed by atoms with Gasteiger partial charge in [0.05, 0.1) is 14.2 Å². The van der Waals surface area contributed by atoms with E-state index in [0.717, 1.165) is 11.5 Å². The van der Waals surface area contributed by atoms with Crippen LogP contribution >= 0.6 is 0 Å². The van der Waals surface area contributed by atoms with Crippen LogP contribution in [0.3, 0.4) is 0 Å². The number of hydrogen-bond acceptors (Lipinski definition) is 2. The van der Waals surface area contributed by atoms with Crippen molar-refractivity contribution in [2.75, 3.05) is 14.2 Å². The molecule has 0 N–H and O–H groups in total. The second-order valence-corrected chi connectivity index (χ2v) is 10.5. The van der Waals surface area contributed by atoms with Gasteiger partial charge in [-0.05, 0) is 53.6 Å². The van der Waals surface area contributed by atoms with E-state index in [1.165, 1.54) is 74.2 Å². The molecule has 6 aromatic carbocycles. The molecule has 1 aliphatic carbocycles. The third-order valence-corrected chi connectivity index (χ3v) is 8.62. The Morgan fingerprint density at radius 3 is 1.34 bits per heavy atom. The van der Waals surface area contributed by atoms with Crippen LogP contribution < -0.4 is 9.47 Å². The first-order valence-electron chi connectivity index (χ1n) is 13.4. The molecule has 0 heterocycles. The molecular weight excluding hydrogens is 667 g/mol. The van der Waals surface area contributed by atoms with Crippen molar-refractivity contribution in [3.8, 4) is 33.8 Å². The molecule has 1 saturated carbocycles. The fourth-order valence-corrected chi connectivity index (χ4v) is 6.34. The third-order valence-electron chi connectivity index (χ3n) is 8.62. The largest absolute Gasteiger partial charge is 4.00 e. The summed E-state index contributed by atoms with van der Waals surface area (Å²) < 4.78 is 10.8. The molecule has 41 heavy (non-hydrogen) atoms. The molecule has 0 aliphatic heterocycles. The molecule has 7 rings (SSSR count). The van der Waals surface area contributed by atoms with Crippen LogP contribution in [-0.2, 0) is 31.3 Å². The van der Waals surface area contributed by atoms with Crippen molar-refractivity contribution in [3.63, 3.8) is 0 Å². The number of ether oxygens (including phenoxy) is 2. The van der Waals surface area contributed by atoms with E-state index in [1.807, 2.05) is 24.3 Å². The van der Waals surface area contributed by atoms with Crippen molar-refractivity contribution in [3.05, 3.63) is 135 Å². The Bertz CT molecular complexity index is 1620. The number of hydrogen-bond donors (Lipinski definition) is 0. The van der Waals surface area contributed by atoms with E-state index in [0.29, 0.717) is 0 Å². The van der Waals surface area contributed by atoms with Gasteiger partial charge in [0.2, 0.25) is 0 Å². The van der Waals surface area contributed by atoms with Gasteiger partial charge in [-0.15, -0.1) is 69.1 Å². The van der Waals surface area contributed by atoms with Crippen molar-refractivity contribution >= 4 is 21.5 Å². The van der Waals surface area contributed by atoms with E-state index in [9.17, 15) is 0 Å². The molecule has 1 aliphatic rings. The minimum absolute atomic E-state index is 0. The van der Waals surface area contributed by atoms with Crippen LogP contribution in [0.25, 0.3) is 43.8 Å². The second kappa shape index (κ2) is 12.2. The Kier molecular flexibility index (Phi) is 9.09. The number of rotatable bonds is 6. The van der Waals surface area contributed by atoms with Gasteiger partial charge in [-0.2, -0.15) is 12.1 Å². The quantitative estimate of drug-likeness (QED) is 0.127. The standard InChI is InChI=1S/C36H30O2.2CH3.Hf/c1-37-30-14-10-24(11-15-30)32-8-3-6-26-20-28(22-34(26)32)36(18-5-19-36)29-21-27-7-4-9-33(35(27)23-29)25-12-16-31(38-2)17-13-25;;;/h3-4,6-17,20-23H,5,18-19H2,1-2H3;2*1H3;/q-2;2*-1;+4. The molecule has 1 fully saturated rings. The fraction of sp³-hybridized carbons (Fsp3) is 0.158. The van der Waals surface area contributed by atoms with Crippen LogP contribution in [0.5, 0.6) is 11.5 Å². The van der Waals surface area contributed by atoms with Gasteiger partial charge in [0, 0.05) is 0 Å². The maximum absolute atomic E-state index is 5.38. The summed E-state index contributed by atoms with van der Waals surface area (Å²) in [5.74, 6) is 1.77. The van der Waals surface area contributed by atoms with Crippen molar-refractivity contribution in [1.29, 1.82) is 0 Å². The molecule has 0 atom stereocenters. The van der Waals surface area contributed by atoms with Crippen LogP contribution in [0.4, 0.5) is 0 Å². The van der Waals surface area contributed by atoms with Crippen LogP contribution in [0, 0.1) is 14.9 Å². The predicted octanol–water partition coefficient (Wildman–Crippen LogP) is 10.2. The topological polar surface area (TPSA) is 18.5 Å². The Labute approximate surface area is 263 Å². The second-order valence-electron chi connectivity index (χ2n) is 10.5. The van der Waals surface area contributed by atoms with E-state index < -0.39 is 0 Å². The summed E-state index contributed by atoms with van der Waals surface area (Å²) in [7, 11) is 3.43. The summed E-state index contributed by atoms with van der Waals surface area (Å²) in [4.78, 5) is 0. The van der Waals surface area contributed by atoms with Crippen molar-refractivity contribution in [1.82, 2.24) is 0 Å². The number of fused-ring (bicyclic) bond motifs is 2. The molecular formula is C38H36HfO2. The van der Waals surface area contributed by atoms with Gasteiger partial charge in [-0.25, -0.2) is 0 Å². The van der Waals surface area contributed by atoms with Gasteiger partial charge in [-0.3, -0.25) is 0 Å². The van der Waals surface area contributed by atoms with Gasteiger partial charge >= 0.3 is 25.8 Å². The van der Waals surface area contributed by atoms with E-state index in [4.69, 9.17) is 9.47 Å². The maximum Gasteiger partial charge on any atom is 4.00 e. The predicted molar refractivity (Wildman–Crippen MR) is 171 cm³/mol. The first kappa shape index (κ1) is 30.5. The Morgan fingerprint density at radius 1 is 0.585 bits per heavy atom. The first-order chi connectivity index (χ1) is 18.7. The SMILES string of the molecule is COc1ccc(-c2cccc3[cH-]c(C4(c5cc6c(-c7ccc(OC)cc7)cccc6[cH-]5)CCC4)cc23)cc1.[CH3-].[CH3-].[Hf+4]. The minimum atomic E-state index is 0. The average molecular weight is 703 g/mol. The zero-order valence-corrected chi connectivity index (χ0v) is 27.9. The summed E-state index contributed by atoms with van der Waals surface area (Å²) in [6.07, 6.45) is 3.64. The average Bonchev–Trinajstić information content (AvgIpc) is 3.57. The monoisotopic (exact) mass is 704 g/mol. The molecule has 0 bridgehead atoms. The van der Waals surface area contributed by atoms with Crippen molar-refractivity contribution in [2.45, 2.75) is 24.7 Å². The molecule has 6 aromatic rings. The summed E-state index contributed by atoms with van der Waals surface area (Å²) in [6, 6.07) is 39.9. The number of benzene rings is 4. The maximum atomic E-state index is 5.38. The zero-order chi connectivity index (χ0) is 25.7. The summed E-state index contributed by atoms with van der Waals surface area (Å²) in [5.41, 5.74) is 7.97. The van der Waals surface area contributed by atoms with Crippen LogP contribution in [0.15, 0.2) is 109 Å². The zero-order valence-electron chi connectivity index (χ0n) is 24.3. The minimum Gasteiger partial charge on any atom is -0.497 e. The molecule has 0 unspecified atom stereocenters. The third kappa shape index (κ3) is 5.10. The molecule has 0 amide bonds. The molecule has 0 saturated heterocycles. The Morgan fingerprint density at radius 2 is 1.00 bits per heavy atom.